The number of aromatic carboxylic acids is 1. The van der Waals surface area contributed by atoms with Crippen LogP contribution in [0.15, 0.2) is 28.9 Å². The molecule has 0 aliphatic rings. The summed E-state index contributed by atoms with van der Waals surface area (Å²) in [6.07, 6.45) is 1.70. The van der Waals surface area contributed by atoms with E-state index in [9.17, 15) is 4.79 Å². The maximum absolute atomic E-state index is 10.8. The molecule has 0 saturated heterocycles. The Bertz CT molecular complexity index is 484. The summed E-state index contributed by atoms with van der Waals surface area (Å²) in [5.74, 6) is -0.228. The minimum Gasteiger partial charge on any atom is -0.477 e. The molecule has 0 saturated carbocycles. The van der Waals surface area contributed by atoms with Crippen molar-refractivity contribution in [3.8, 4) is 0 Å². The zero-order valence-corrected chi connectivity index (χ0v) is 8.17. The maximum Gasteiger partial charge on any atom is 0.352 e. The molecule has 5 nitrogen and oxygen atoms in total. The largest absolute Gasteiger partial charge is 0.477 e. The highest BCUT2D eigenvalue weighted by atomic mass is 16.5. The summed E-state index contributed by atoms with van der Waals surface area (Å²) in [5.41, 5.74) is 0.960. The number of carbonyl (C=O) groups is 1. The second-order valence-corrected chi connectivity index (χ2v) is 3.26. The number of carboxylic acids is 1. The second-order valence-electron chi connectivity index (χ2n) is 3.26. The van der Waals surface area contributed by atoms with Crippen molar-refractivity contribution in [2.75, 3.05) is 0 Å². The van der Waals surface area contributed by atoms with E-state index < -0.39 is 5.97 Å². The molecule has 78 valence electrons. The molecule has 1 N–H and O–H groups in total. The standard InChI is InChI=1S/C10H10N2O3/c1-7-5-8(11-15-7)6-12-4-2-3-9(12)10(13)14/h2-5H,6H2,1H3,(H,13,14). The van der Waals surface area contributed by atoms with Crippen LogP contribution in [0, 0.1) is 6.92 Å². The average Bonchev–Trinajstić information content (AvgIpc) is 2.75. The summed E-state index contributed by atoms with van der Waals surface area (Å²) in [7, 11) is 0. The first-order valence-corrected chi connectivity index (χ1v) is 4.47. The van der Waals surface area contributed by atoms with Crippen molar-refractivity contribution in [3.63, 3.8) is 0 Å². The molecule has 5 heteroatoms. The number of aromatic nitrogens is 2. The van der Waals surface area contributed by atoms with Crippen LogP contribution in [0.4, 0.5) is 0 Å². The van der Waals surface area contributed by atoms with Crippen molar-refractivity contribution >= 4 is 5.97 Å². The lowest BCUT2D eigenvalue weighted by Crippen LogP contribution is -2.08. The van der Waals surface area contributed by atoms with Crippen molar-refractivity contribution in [3.05, 3.63) is 41.5 Å². The number of rotatable bonds is 3. The van der Waals surface area contributed by atoms with Crippen LogP contribution in [-0.2, 0) is 6.54 Å². The monoisotopic (exact) mass is 206 g/mol. The predicted octanol–water partition coefficient (Wildman–Crippen LogP) is 1.53. The molecule has 0 bridgehead atoms. The summed E-state index contributed by atoms with van der Waals surface area (Å²) in [4.78, 5) is 10.8. The minimum absolute atomic E-state index is 0.246. The first-order valence-electron chi connectivity index (χ1n) is 4.47. The molecule has 0 atom stereocenters. The van der Waals surface area contributed by atoms with Gasteiger partial charge in [0, 0.05) is 12.3 Å². The minimum atomic E-state index is -0.944. The summed E-state index contributed by atoms with van der Waals surface area (Å²) in [6, 6.07) is 5.03. The van der Waals surface area contributed by atoms with Gasteiger partial charge in [-0.05, 0) is 19.1 Å². The molecule has 0 aromatic carbocycles. The summed E-state index contributed by atoms with van der Waals surface area (Å²) >= 11 is 0. The molecule has 2 aromatic rings. The van der Waals surface area contributed by atoms with Gasteiger partial charge in [-0.1, -0.05) is 5.16 Å². The number of nitrogens with zero attached hydrogens (tertiary/aromatic N) is 2. The third-order valence-electron chi connectivity index (χ3n) is 2.06. The van der Waals surface area contributed by atoms with Gasteiger partial charge in [-0.3, -0.25) is 0 Å². The van der Waals surface area contributed by atoms with Gasteiger partial charge in [-0.25, -0.2) is 4.79 Å². The lowest BCUT2D eigenvalue weighted by molar-refractivity contribution is 0.0685. The third-order valence-corrected chi connectivity index (χ3v) is 2.06. The van der Waals surface area contributed by atoms with E-state index in [0.717, 1.165) is 0 Å². The van der Waals surface area contributed by atoms with Crippen molar-refractivity contribution in [1.29, 1.82) is 0 Å². The molecule has 0 spiro atoms. The number of aryl methyl sites for hydroxylation is 1. The maximum atomic E-state index is 10.8. The van der Waals surface area contributed by atoms with Crippen LogP contribution in [0.2, 0.25) is 0 Å². The van der Waals surface area contributed by atoms with Crippen LogP contribution in [0.1, 0.15) is 21.9 Å². The van der Waals surface area contributed by atoms with Crippen molar-refractivity contribution in [1.82, 2.24) is 9.72 Å². The van der Waals surface area contributed by atoms with Crippen LogP contribution in [0.3, 0.4) is 0 Å². The molecule has 0 aliphatic carbocycles. The van der Waals surface area contributed by atoms with Gasteiger partial charge in [-0.2, -0.15) is 0 Å². The molecule has 2 rings (SSSR count). The van der Waals surface area contributed by atoms with Gasteiger partial charge in [0.05, 0.1) is 6.54 Å². The van der Waals surface area contributed by atoms with Crippen LogP contribution in [0.25, 0.3) is 0 Å². The Labute approximate surface area is 85.9 Å². The van der Waals surface area contributed by atoms with Crippen LogP contribution >= 0.6 is 0 Å². The Balaban J connectivity index is 2.24. The highest BCUT2D eigenvalue weighted by molar-refractivity contribution is 5.85. The van der Waals surface area contributed by atoms with E-state index in [2.05, 4.69) is 5.16 Å². The Morgan fingerprint density at radius 1 is 1.67 bits per heavy atom. The molecule has 0 radical (unpaired) electrons. The summed E-state index contributed by atoms with van der Waals surface area (Å²) in [5, 5.41) is 12.7. The van der Waals surface area contributed by atoms with E-state index in [-0.39, 0.29) is 5.69 Å². The quantitative estimate of drug-likeness (QED) is 0.826. The smallest absolute Gasteiger partial charge is 0.352 e. The number of carboxylic acid groups (broad SMARTS) is 1. The Kier molecular flexibility index (Phi) is 2.29. The Morgan fingerprint density at radius 3 is 3.07 bits per heavy atom. The predicted molar refractivity (Wildman–Crippen MR) is 51.7 cm³/mol. The third kappa shape index (κ3) is 1.90. The number of hydrogen-bond acceptors (Lipinski definition) is 3. The molecule has 15 heavy (non-hydrogen) atoms. The topological polar surface area (TPSA) is 68.3 Å². The van der Waals surface area contributed by atoms with Gasteiger partial charge in [-0.15, -0.1) is 0 Å². The highest BCUT2D eigenvalue weighted by Crippen LogP contribution is 2.08. The van der Waals surface area contributed by atoms with E-state index in [1.54, 1.807) is 35.9 Å². The molecule has 0 unspecified atom stereocenters. The molecular weight excluding hydrogens is 196 g/mol. The highest BCUT2D eigenvalue weighted by Gasteiger charge is 2.10. The van der Waals surface area contributed by atoms with Crippen LogP contribution in [0.5, 0.6) is 0 Å². The molecule has 2 heterocycles. The SMILES string of the molecule is Cc1cc(Cn2cccc2C(=O)O)no1. The van der Waals surface area contributed by atoms with E-state index >= 15 is 0 Å². The first kappa shape index (κ1) is 9.51. The van der Waals surface area contributed by atoms with Gasteiger partial charge >= 0.3 is 5.97 Å². The molecule has 2 aromatic heterocycles. The van der Waals surface area contributed by atoms with Gasteiger partial charge in [0.15, 0.2) is 0 Å². The molecule has 0 fully saturated rings. The zero-order valence-electron chi connectivity index (χ0n) is 8.17. The summed E-state index contributed by atoms with van der Waals surface area (Å²) < 4.78 is 6.51. The van der Waals surface area contributed by atoms with Gasteiger partial charge < -0.3 is 14.2 Å². The molecule has 0 amide bonds. The molecular formula is C10H10N2O3. The van der Waals surface area contributed by atoms with Gasteiger partial charge in [0.2, 0.25) is 0 Å². The van der Waals surface area contributed by atoms with Crippen molar-refractivity contribution in [2.24, 2.45) is 0 Å². The zero-order chi connectivity index (χ0) is 10.8. The second kappa shape index (κ2) is 3.61. The first-order chi connectivity index (χ1) is 7.16. The fourth-order valence-corrected chi connectivity index (χ4v) is 1.41. The molecule has 0 aliphatic heterocycles. The van der Waals surface area contributed by atoms with Gasteiger partial charge in [0.1, 0.15) is 17.1 Å². The summed E-state index contributed by atoms with van der Waals surface area (Å²) in [6.45, 7) is 2.20. The van der Waals surface area contributed by atoms with Crippen molar-refractivity contribution < 1.29 is 14.4 Å². The van der Waals surface area contributed by atoms with Crippen LogP contribution < -0.4 is 0 Å². The van der Waals surface area contributed by atoms with Crippen LogP contribution in [-0.4, -0.2) is 20.8 Å². The lowest BCUT2D eigenvalue weighted by atomic mass is 10.3. The van der Waals surface area contributed by atoms with Gasteiger partial charge in [0.25, 0.3) is 0 Å². The fourth-order valence-electron chi connectivity index (χ4n) is 1.41. The van der Waals surface area contributed by atoms with Crippen molar-refractivity contribution in [2.45, 2.75) is 13.5 Å². The normalized spacial score (nSPS) is 10.5. The lowest BCUT2D eigenvalue weighted by Gasteiger charge is -2.02. The van der Waals surface area contributed by atoms with E-state index in [4.69, 9.17) is 9.63 Å². The fraction of sp³-hybridized carbons (Fsp3) is 0.200. The average molecular weight is 206 g/mol. The number of hydrogen-bond donors (Lipinski definition) is 1. The van der Waals surface area contributed by atoms with E-state index in [0.29, 0.717) is 18.0 Å². The Hall–Kier alpha value is -2.04. The van der Waals surface area contributed by atoms with E-state index in [1.165, 1.54) is 0 Å². The van der Waals surface area contributed by atoms with E-state index in [1.807, 2.05) is 0 Å². The Morgan fingerprint density at radius 2 is 2.47 bits per heavy atom.